The second-order valence-electron chi connectivity index (χ2n) is 5.43. The van der Waals surface area contributed by atoms with Crippen LogP contribution in [0.3, 0.4) is 0 Å². The van der Waals surface area contributed by atoms with Gasteiger partial charge in [0.05, 0.1) is 17.6 Å². The minimum absolute atomic E-state index is 0.0905. The van der Waals surface area contributed by atoms with Crippen molar-refractivity contribution in [1.82, 2.24) is 0 Å². The summed E-state index contributed by atoms with van der Waals surface area (Å²) in [5, 5.41) is 2.73. The van der Waals surface area contributed by atoms with E-state index in [4.69, 9.17) is 9.15 Å². The van der Waals surface area contributed by atoms with Crippen molar-refractivity contribution in [2.24, 2.45) is 0 Å². The minimum Gasteiger partial charge on any atom is -0.464 e. The van der Waals surface area contributed by atoms with Crippen LogP contribution in [0.5, 0.6) is 0 Å². The number of thiophene rings is 1. The van der Waals surface area contributed by atoms with Crippen LogP contribution >= 0.6 is 11.3 Å². The van der Waals surface area contributed by atoms with Gasteiger partial charge in [0.1, 0.15) is 5.58 Å². The Bertz CT molecular complexity index is 859. The number of ether oxygens (including phenoxy) is 1. The maximum absolute atomic E-state index is 12.0. The zero-order chi connectivity index (χ0) is 16.4. The van der Waals surface area contributed by atoms with E-state index < -0.39 is 5.97 Å². The van der Waals surface area contributed by atoms with E-state index in [2.05, 4.69) is 0 Å². The van der Waals surface area contributed by atoms with Gasteiger partial charge >= 0.3 is 5.97 Å². The Morgan fingerprint density at radius 3 is 2.74 bits per heavy atom. The molecule has 0 spiro atoms. The molecule has 0 aliphatic heterocycles. The number of rotatable bonds is 5. The fraction of sp³-hybridized carbons (Fsp3) is 0.222. The van der Waals surface area contributed by atoms with Gasteiger partial charge in [0.2, 0.25) is 5.78 Å². The van der Waals surface area contributed by atoms with Gasteiger partial charge in [-0.2, -0.15) is 0 Å². The zero-order valence-electron chi connectivity index (χ0n) is 12.9. The van der Waals surface area contributed by atoms with Crippen LogP contribution < -0.4 is 0 Å². The number of carbonyl (C=O) groups excluding carboxylic acids is 2. The fourth-order valence-corrected chi connectivity index (χ4v) is 2.99. The van der Waals surface area contributed by atoms with E-state index in [0.717, 1.165) is 27.7 Å². The monoisotopic (exact) mass is 328 g/mol. The number of esters is 1. The molecule has 23 heavy (non-hydrogen) atoms. The van der Waals surface area contributed by atoms with E-state index in [1.165, 1.54) is 11.3 Å². The number of carbonyl (C=O) groups is 2. The third-order valence-corrected chi connectivity index (χ3v) is 4.68. The predicted octanol–water partition coefficient (Wildman–Crippen LogP) is 4.08. The third-order valence-electron chi connectivity index (χ3n) is 3.77. The molecule has 5 heteroatoms. The van der Waals surface area contributed by atoms with E-state index in [0.29, 0.717) is 4.88 Å². The molecule has 3 aromatic rings. The lowest BCUT2D eigenvalue weighted by Gasteiger charge is -2.03. The minimum atomic E-state index is -0.434. The molecule has 2 heterocycles. The first-order valence-electron chi connectivity index (χ1n) is 7.24. The van der Waals surface area contributed by atoms with Crippen molar-refractivity contribution in [3.63, 3.8) is 0 Å². The molecule has 0 bridgehead atoms. The Morgan fingerprint density at radius 2 is 2.00 bits per heavy atom. The second kappa shape index (κ2) is 6.38. The average molecular weight is 328 g/mol. The number of aryl methyl sites for hydroxylation is 2. The predicted molar refractivity (Wildman–Crippen MR) is 89.0 cm³/mol. The summed E-state index contributed by atoms with van der Waals surface area (Å²) in [5.74, 6) is -0.618. The lowest BCUT2D eigenvalue weighted by Crippen LogP contribution is -2.14. The molecular weight excluding hydrogens is 312 g/mol. The molecule has 118 valence electrons. The van der Waals surface area contributed by atoms with Crippen LogP contribution in [-0.4, -0.2) is 18.4 Å². The molecule has 4 nitrogen and oxygen atoms in total. The fourth-order valence-electron chi connectivity index (χ4n) is 2.33. The number of ketones is 1. The van der Waals surface area contributed by atoms with Crippen LogP contribution in [0.25, 0.3) is 11.0 Å². The first-order valence-corrected chi connectivity index (χ1v) is 8.12. The Hall–Kier alpha value is -2.40. The van der Waals surface area contributed by atoms with Crippen LogP contribution in [0.1, 0.15) is 26.4 Å². The van der Waals surface area contributed by atoms with Crippen LogP contribution in [-0.2, 0) is 16.0 Å². The van der Waals surface area contributed by atoms with Gasteiger partial charge in [-0.25, -0.2) is 0 Å². The van der Waals surface area contributed by atoms with Gasteiger partial charge in [0.25, 0.3) is 0 Å². The molecule has 0 saturated heterocycles. The molecule has 0 saturated carbocycles. The topological polar surface area (TPSA) is 56.5 Å². The van der Waals surface area contributed by atoms with E-state index in [-0.39, 0.29) is 18.8 Å². The summed E-state index contributed by atoms with van der Waals surface area (Å²) in [6.07, 6.45) is 1.67. The highest BCUT2D eigenvalue weighted by molar-refractivity contribution is 7.12. The number of Topliss-reactive ketones (excluding diaryl/α,β-unsaturated/α-hetero) is 1. The van der Waals surface area contributed by atoms with Gasteiger partial charge in [-0.1, -0.05) is 6.07 Å². The summed E-state index contributed by atoms with van der Waals surface area (Å²) < 4.78 is 10.6. The van der Waals surface area contributed by atoms with Gasteiger partial charge in [-0.15, -0.1) is 11.3 Å². The lowest BCUT2D eigenvalue weighted by atomic mass is 10.0. The highest BCUT2D eigenvalue weighted by Crippen LogP contribution is 2.25. The SMILES string of the molecule is Cc1cc2occ(CC(=O)OCC(=O)c3cccs3)c2cc1C. The molecule has 0 fully saturated rings. The van der Waals surface area contributed by atoms with Crippen molar-refractivity contribution in [3.05, 3.63) is 57.5 Å². The largest absolute Gasteiger partial charge is 0.464 e. The van der Waals surface area contributed by atoms with Crippen molar-refractivity contribution in [1.29, 1.82) is 0 Å². The van der Waals surface area contributed by atoms with Crippen LogP contribution in [0, 0.1) is 13.8 Å². The van der Waals surface area contributed by atoms with Gasteiger partial charge in [0, 0.05) is 10.9 Å². The molecule has 0 unspecified atom stereocenters. The Labute approximate surface area is 137 Å². The molecule has 0 N–H and O–H groups in total. The van der Waals surface area contributed by atoms with Crippen molar-refractivity contribution < 1.29 is 18.7 Å². The second-order valence-corrected chi connectivity index (χ2v) is 6.38. The molecule has 0 aliphatic carbocycles. The van der Waals surface area contributed by atoms with Crippen LogP contribution in [0.4, 0.5) is 0 Å². The van der Waals surface area contributed by atoms with Crippen molar-refractivity contribution in [2.45, 2.75) is 20.3 Å². The van der Waals surface area contributed by atoms with E-state index in [1.807, 2.05) is 31.4 Å². The van der Waals surface area contributed by atoms with Crippen LogP contribution in [0.2, 0.25) is 0 Å². The standard InChI is InChI=1S/C18H16O4S/c1-11-6-14-13(9-21-16(14)7-12(11)2)8-18(20)22-10-15(19)17-4-3-5-23-17/h3-7,9H,8,10H2,1-2H3. The van der Waals surface area contributed by atoms with Gasteiger partial charge in [-0.05, 0) is 48.6 Å². The Kier molecular flexibility index (Phi) is 4.30. The molecule has 0 atom stereocenters. The zero-order valence-corrected chi connectivity index (χ0v) is 13.7. The first kappa shape index (κ1) is 15.5. The van der Waals surface area contributed by atoms with Crippen LogP contribution in [0.15, 0.2) is 40.3 Å². The van der Waals surface area contributed by atoms with Gasteiger partial charge in [-0.3, -0.25) is 9.59 Å². The van der Waals surface area contributed by atoms with Crippen molar-refractivity contribution >= 4 is 34.1 Å². The number of hydrogen-bond acceptors (Lipinski definition) is 5. The maximum Gasteiger partial charge on any atom is 0.310 e. The van der Waals surface area contributed by atoms with Gasteiger partial charge in [0.15, 0.2) is 6.61 Å². The van der Waals surface area contributed by atoms with E-state index in [9.17, 15) is 9.59 Å². The number of benzene rings is 1. The number of fused-ring (bicyclic) bond motifs is 1. The normalized spacial score (nSPS) is 10.9. The summed E-state index contributed by atoms with van der Waals surface area (Å²) in [7, 11) is 0. The summed E-state index contributed by atoms with van der Waals surface area (Å²) in [5.41, 5.74) is 3.81. The summed E-state index contributed by atoms with van der Waals surface area (Å²) >= 11 is 1.34. The third kappa shape index (κ3) is 3.35. The molecule has 3 rings (SSSR count). The van der Waals surface area contributed by atoms with Crippen molar-refractivity contribution in [3.8, 4) is 0 Å². The quantitative estimate of drug-likeness (QED) is 0.523. The highest BCUT2D eigenvalue weighted by Gasteiger charge is 2.15. The maximum atomic E-state index is 12.0. The number of furan rings is 1. The smallest absolute Gasteiger partial charge is 0.310 e. The average Bonchev–Trinajstić information content (AvgIpc) is 3.17. The lowest BCUT2D eigenvalue weighted by molar-refractivity contribution is -0.141. The Balaban J connectivity index is 1.66. The summed E-state index contributed by atoms with van der Waals surface area (Å²) in [6, 6.07) is 7.48. The van der Waals surface area contributed by atoms with E-state index in [1.54, 1.807) is 18.4 Å². The van der Waals surface area contributed by atoms with E-state index >= 15 is 0 Å². The molecule has 0 aliphatic rings. The highest BCUT2D eigenvalue weighted by atomic mass is 32.1. The molecule has 1 aromatic carbocycles. The van der Waals surface area contributed by atoms with Crippen molar-refractivity contribution in [2.75, 3.05) is 6.61 Å². The Morgan fingerprint density at radius 1 is 1.22 bits per heavy atom. The molecule has 2 aromatic heterocycles. The summed E-state index contributed by atoms with van der Waals surface area (Å²) in [4.78, 5) is 24.4. The first-order chi connectivity index (χ1) is 11.0. The number of hydrogen-bond donors (Lipinski definition) is 0. The molecular formula is C18H16O4S. The summed E-state index contributed by atoms with van der Waals surface area (Å²) in [6.45, 7) is 3.80. The molecule has 0 radical (unpaired) electrons. The molecule has 0 amide bonds. The van der Waals surface area contributed by atoms with Gasteiger partial charge < -0.3 is 9.15 Å².